The fraction of sp³-hybridized carbons (Fsp3) is 0. The molecule has 0 unspecified atom stereocenters. The SMILES string of the molecule is N#Cc1c(-c2ccccc2)nc(NN=Cc2ccc3c(I)[nH]nc3c2)[nH]c1=O. The molecule has 2 heterocycles. The summed E-state index contributed by atoms with van der Waals surface area (Å²) < 4.78 is 0.974. The molecule has 4 aromatic rings. The summed E-state index contributed by atoms with van der Waals surface area (Å²) in [5.41, 5.74) is 4.80. The molecule has 0 fully saturated rings. The molecule has 0 aliphatic rings. The van der Waals surface area contributed by atoms with Crippen molar-refractivity contribution in [2.24, 2.45) is 5.10 Å². The lowest BCUT2D eigenvalue weighted by Crippen LogP contribution is -2.16. The Labute approximate surface area is 172 Å². The van der Waals surface area contributed by atoms with E-state index in [-0.39, 0.29) is 11.5 Å². The lowest BCUT2D eigenvalue weighted by molar-refractivity contribution is 1.08. The first-order chi connectivity index (χ1) is 13.7. The molecule has 0 amide bonds. The van der Waals surface area contributed by atoms with Gasteiger partial charge in [0.15, 0.2) is 0 Å². The van der Waals surface area contributed by atoms with E-state index >= 15 is 0 Å². The zero-order valence-electron chi connectivity index (χ0n) is 14.3. The molecule has 4 rings (SSSR count). The van der Waals surface area contributed by atoms with E-state index in [0.29, 0.717) is 11.3 Å². The first-order valence-corrected chi connectivity index (χ1v) is 9.26. The van der Waals surface area contributed by atoms with Gasteiger partial charge in [0.1, 0.15) is 15.3 Å². The molecule has 28 heavy (non-hydrogen) atoms. The highest BCUT2D eigenvalue weighted by Crippen LogP contribution is 2.20. The molecule has 2 aromatic carbocycles. The van der Waals surface area contributed by atoms with Crippen LogP contribution in [-0.4, -0.2) is 26.4 Å². The van der Waals surface area contributed by atoms with E-state index < -0.39 is 5.56 Å². The lowest BCUT2D eigenvalue weighted by atomic mass is 10.1. The van der Waals surface area contributed by atoms with Crippen molar-refractivity contribution in [1.29, 1.82) is 5.26 Å². The van der Waals surface area contributed by atoms with Gasteiger partial charge in [-0.25, -0.2) is 10.4 Å². The van der Waals surface area contributed by atoms with E-state index in [2.05, 4.69) is 53.3 Å². The van der Waals surface area contributed by atoms with Gasteiger partial charge in [0.2, 0.25) is 5.95 Å². The highest BCUT2D eigenvalue weighted by molar-refractivity contribution is 14.1. The van der Waals surface area contributed by atoms with E-state index in [1.807, 2.05) is 42.5 Å². The number of nitriles is 1. The standard InChI is InChI=1S/C19H12IN7O/c20-17-13-7-6-11(8-15(13)25-26-17)10-22-27-19-23-16(12-4-2-1-3-5-12)14(9-21)18(28)24-19/h1-8,10H,(H,25,26)(H2,23,24,27,28). The van der Waals surface area contributed by atoms with Crippen LogP contribution in [0.1, 0.15) is 11.1 Å². The number of hydrazone groups is 1. The molecule has 0 spiro atoms. The van der Waals surface area contributed by atoms with Gasteiger partial charge in [0, 0.05) is 10.9 Å². The number of anilines is 1. The molecule has 0 saturated carbocycles. The van der Waals surface area contributed by atoms with Crippen molar-refractivity contribution in [1.82, 2.24) is 20.2 Å². The van der Waals surface area contributed by atoms with Gasteiger partial charge in [-0.1, -0.05) is 36.4 Å². The number of benzene rings is 2. The minimum atomic E-state index is -0.526. The predicted octanol–water partition coefficient (Wildman–Crippen LogP) is 3.24. The fourth-order valence-corrected chi connectivity index (χ4v) is 3.26. The molecule has 0 bridgehead atoms. The molecule has 8 nitrogen and oxygen atoms in total. The third-order valence-corrected chi connectivity index (χ3v) is 4.82. The summed E-state index contributed by atoms with van der Waals surface area (Å²) in [5.74, 6) is 0.148. The number of H-pyrrole nitrogens is 2. The average Bonchev–Trinajstić information content (AvgIpc) is 3.08. The number of hydrogen-bond acceptors (Lipinski definition) is 6. The van der Waals surface area contributed by atoms with Crippen molar-refractivity contribution in [3.05, 3.63) is 73.7 Å². The summed E-state index contributed by atoms with van der Waals surface area (Å²) in [6, 6.07) is 16.7. The normalized spacial score (nSPS) is 11.0. The van der Waals surface area contributed by atoms with Gasteiger partial charge in [-0.15, -0.1) is 0 Å². The van der Waals surface area contributed by atoms with Crippen LogP contribution in [0.4, 0.5) is 5.95 Å². The number of rotatable bonds is 4. The Morgan fingerprint density at radius 3 is 2.82 bits per heavy atom. The van der Waals surface area contributed by atoms with Crippen molar-refractivity contribution in [2.75, 3.05) is 5.43 Å². The number of aromatic amines is 2. The monoisotopic (exact) mass is 481 g/mol. The third kappa shape index (κ3) is 3.49. The van der Waals surface area contributed by atoms with E-state index in [1.54, 1.807) is 18.3 Å². The summed E-state index contributed by atoms with van der Waals surface area (Å²) in [4.78, 5) is 19.1. The van der Waals surface area contributed by atoms with Crippen LogP contribution in [0.25, 0.3) is 22.2 Å². The van der Waals surface area contributed by atoms with E-state index in [0.717, 1.165) is 20.2 Å². The molecule has 3 N–H and O–H groups in total. The number of hydrogen-bond donors (Lipinski definition) is 3. The van der Waals surface area contributed by atoms with Crippen LogP contribution in [0.2, 0.25) is 0 Å². The van der Waals surface area contributed by atoms with Gasteiger partial charge >= 0.3 is 0 Å². The molecule has 0 saturated heterocycles. The topological polar surface area (TPSA) is 123 Å². The summed E-state index contributed by atoms with van der Waals surface area (Å²) in [6.07, 6.45) is 1.60. The van der Waals surface area contributed by atoms with Crippen LogP contribution >= 0.6 is 22.6 Å². The van der Waals surface area contributed by atoms with Crippen molar-refractivity contribution < 1.29 is 0 Å². The van der Waals surface area contributed by atoms with Gasteiger partial charge < -0.3 is 0 Å². The molecule has 2 aromatic heterocycles. The van der Waals surface area contributed by atoms with Crippen molar-refractivity contribution in [3.8, 4) is 17.3 Å². The smallest absolute Gasteiger partial charge is 0.270 e. The zero-order valence-corrected chi connectivity index (χ0v) is 16.4. The summed E-state index contributed by atoms with van der Waals surface area (Å²) in [7, 11) is 0. The predicted molar refractivity (Wildman–Crippen MR) is 115 cm³/mol. The first-order valence-electron chi connectivity index (χ1n) is 8.18. The van der Waals surface area contributed by atoms with Gasteiger partial charge in [-0.05, 0) is 40.3 Å². The van der Waals surface area contributed by atoms with Crippen molar-refractivity contribution in [3.63, 3.8) is 0 Å². The first kappa shape index (κ1) is 17.9. The summed E-state index contributed by atoms with van der Waals surface area (Å²) >= 11 is 2.19. The van der Waals surface area contributed by atoms with Crippen LogP contribution < -0.4 is 11.0 Å². The van der Waals surface area contributed by atoms with Crippen LogP contribution in [-0.2, 0) is 0 Å². The van der Waals surface area contributed by atoms with Crippen LogP contribution in [0.5, 0.6) is 0 Å². The molecule has 0 aliphatic carbocycles. The number of aromatic nitrogens is 4. The number of halogens is 1. The molecule has 0 atom stereocenters. The Morgan fingerprint density at radius 1 is 1.21 bits per heavy atom. The van der Waals surface area contributed by atoms with Crippen LogP contribution in [0.3, 0.4) is 0 Å². The fourth-order valence-electron chi connectivity index (χ4n) is 2.68. The largest absolute Gasteiger partial charge is 0.290 e. The molecule has 0 aliphatic heterocycles. The Bertz CT molecular complexity index is 1290. The highest BCUT2D eigenvalue weighted by atomic mass is 127. The van der Waals surface area contributed by atoms with Gasteiger partial charge in [-0.2, -0.15) is 15.5 Å². The Hall–Kier alpha value is -3.52. The van der Waals surface area contributed by atoms with Crippen LogP contribution in [0.15, 0.2) is 58.4 Å². The van der Waals surface area contributed by atoms with E-state index in [1.165, 1.54) is 0 Å². The second kappa shape index (κ2) is 7.61. The summed E-state index contributed by atoms with van der Waals surface area (Å²) in [6.45, 7) is 0. The number of fused-ring (bicyclic) bond motifs is 1. The van der Waals surface area contributed by atoms with E-state index in [4.69, 9.17) is 0 Å². The second-order valence-electron chi connectivity index (χ2n) is 5.80. The lowest BCUT2D eigenvalue weighted by Gasteiger charge is -2.05. The highest BCUT2D eigenvalue weighted by Gasteiger charge is 2.12. The van der Waals surface area contributed by atoms with Crippen molar-refractivity contribution >= 4 is 45.7 Å². The van der Waals surface area contributed by atoms with Crippen molar-refractivity contribution in [2.45, 2.75) is 0 Å². The van der Waals surface area contributed by atoms with E-state index in [9.17, 15) is 10.1 Å². The molecule has 0 radical (unpaired) electrons. The quantitative estimate of drug-likeness (QED) is 0.235. The third-order valence-electron chi connectivity index (χ3n) is 4.00. The maximum Gasteiger partial charge on any atom is 0.270 e. The summed E-state index contributed by atoms with van der Waals surface area (Å²) in [5, 5.41) is 21.6. The zero-order chi connectivity index (χ0) is 19.5. The number of nitrogens with zero attached hydrogens (tertiary/aromatic N) is 4. The number of nitrogens with one attached hydrogen (secondary N) is 3. The minimum absolute atomic E-state index is 0.0423. The van der Waals surface area contributed by atoms with Gasteiger partial charge in [0.25, 0.3) is 5.56 Å². The minimum Gasteiger partial charge on any atom is -0.290 e. The van der Waals surface area contributed by atoms with Gasteiger partial charge in [-0.3, -0.25) is 14.9 Å². The Balaban J connectivity index is 1.62. The molecular formula is C19H12IN7O. The Kier molecular flexibility index (Phi) is 4.86. The Morgan fingerprint density at radius 2 is 2.04 bits per heavy atom. The second-order valence-corrected chi connectivity index (χ2v) is 6.88. The molecule has 9 heteroatoms. The molecular weight excluding hydrogens is 469 g/mol. The maximum absolute atomic E-state index is 12.2. The molecule has 136 valence electrons. The maximum atomic E-state index is 12.2. The van der Waals surface area contributed by atoms with Crippen LogP contribution in [0, 0.1) is 15.0 Å². The average molecular weight is 481 g/mol. The van der Waals surface area contributed by atoms with Gasteiger partial charge in [0.05, 0.1) is 17.4 Å².